The van der Waals surface area contributed by atoms with Gasteiger partial charge in [0.15, 0.2) is 11.5 Å². The standard InChI is InChI=1S/C24H22O7S2/c1-27-14-8-7-13(12-15(14)28-2)21-19(23(25)29-3)20(24(26)30-4)22(31-21)18-10-9-17(33-18)16-6-5-11-32-16/h5-12,19,21H,1-4H3/t19-,21+/m1/s1. The number of thiophene rings is 2. The first kappa shape index (κ1) is 22.9. The molecule has 0 aliphatic carbocycles. The summed E-state index contributed by atoms with van der Waals surface area (Å²) in [6.45, 7) is 0. The van der Waals surface area contributed by atoms with Gasteiger partial charge < -0.3 is 23.7 Å². The molecule has 0 fully saturated rings. The van der Waals surface area contributed by atoms with Crippen molar-refractivity contribution >= 4 is 40.4 Å². The number of hydrogen-bond acceptors (Lipinski definition) is 9. The lowest BCUT2D eigenvalue weighted by molar-refractivity contribution is -0.149. The van der Waals surface area contributed by atoms with E-state index in [1.807, 2.05) is 29.6 Å². The van der Waals surface area contributed by atoms with Crippen LogP contribution in [0.5, 0.6) is 11.5 Å². The molecule has 3 aromatic rings. The van der Waals surface area contributed by atoms with Crippen molar-refractivity contribution in [2.75, 3.05) is 28.4 Å². The van der Waals surface area contributed by atoms with E-state index in [2.05, 4.69) is 0 Å². The number of hydrogen-bond donors (Lipinski definition) is 0. The summed E-state index contributed by atoms with van der Waals surface area (Å²) in [6.07, 6.45) is -0.811. The van der Waals surface area contributed by atoms with Crippen molar-refractivity contribution in [2.45, 2.75) is 6.10 Å². The minimum Gasteiger partial charge on any atom is -0.493 e. The molecular weight excluding hydrogens is 464 g/mol. The van der Waals surface area contributed by atoms with Crippen molar-refractivity contribution < 1.29 is 33.3 Å². The first-order chi connectivity index (χ1) is 16.0. The van der Waals surface area contributed by atoms with Gasteiger partial charge in [-0.2, -0.15) is 0 Å². The molecule has 0 saturated heterocycles. The van der Waals surface area contributed by atoms with Gasteiger partial charge in [0, 0.05) is 9.75 Å². The minimum absolute atomic E-state index is 0.128. The zero-order chi connectivity index (χ0) is 23.5. The average molecular weight is 487 g/mol. The second kappa shape index (κ2) is 9.68. The number of esters is 2. The Balaban J connectivity index is 1.82. The van der Waals surface area contributed by atoms with Gasteiger partial charge in [-0.15, -0.1) is 22.7 Å². The Morgan fingerprint density at radius 2 is 1.64 bits per heavy atom. The van der Waals surface area contributed by atoms with Crippen molar-refractivity contribution in [3.05, 3.63) is 63.9 Å². The third kappa shape index (κ3) is 4.21. The van der Waals surface area contributed by atoms with Gasteiger partial charge in [-0.3, -0.25) is 4.79 Å². The molecule has 4 rings (SSSR count). The zero-order valence-electron chi connectivity index (χ0n) is 18.4. The Bertz CT molecular complexity index is 1190. The molecule has 33 heavy (non-hydrogen) atoms. The van der Waals surface area contributed by atoms with E-state index in [-0.39, 0.29) is 5.57 Å². The number of methoxy groups -OCH3 is 4. The third-order valence-electron chi connectivity index (χ3n) is 5.29. The van der Waals surface area contributed by atoms with Crippen LogP contribution in [0.3, 0.4) is 0 Å². The molecule has 3 heterocycles. The summed E-state index contributed by atoms with van der Waals surface area (Å²) in [5, 5.41) is 2.00. The second-order valence-corrected chi connectivity index (χ2v) is 9.06. The summed E-state index contributed by atoms with van der Waals surface area (Å²) >= 11 is 3.09. The topological polar surface area (TPSA) is 80.3 Å². The van der Waals surface area contributed by atoms with Crippen LogP contribution in [0, 0.1) is 5.92 Å². The molecule has 1 aliphatic heterocycles. The molecule has 2 atom stereocenters. The van der Waals surface area contributed by atoms with Gasteiger partial charge in [-0.1, -0.05) is 12.1 Å². The van der Waals surface area contributed by atoms with Gasteiger partial charge in [0.05, 0.1) is 38.9 Å². The molecule has 0 amide bonds. The van der Waals surface area contributed by atoms with E-state index >= 15 is 0 Å². The first-order valence-corrected chi connectivity index (χ1v) is 11.6. The highest BCUT2D eigenvalue weighted by molar-refractivity contribution is 7.21. The fourth-order valence-corrected chi connectivity index (χ4v) is 5.58. The molecule has 1 aliphatic rings. The van der Waals surface area contributed by atoms with E-state index in [9.17, 15) is 9.59 Å². The Morgan fingerprint density at radius 3 is 2.27 bits per heavy atom. The lowest BCUT2D eigenvalue weighted by Crippen LogP contribution is -2.26. The van der Waals surface area contributed by atoms with Crippen LogP contribution in [0.15, 0.2) is 53.4 Å². The largest absolute Gasteiger partial charge is 0.493 e. The quantitative estimate of drug-likeness (QED) is 0.438. The van der Waals surface area contributed by atoms with Crippen LogP contribution in [0.2, 0.25) is 0 Å². The van der Waals surface area contributed by atoms with Crippen LogP contribution in [0.1, 0.15) is 16.5 Å². The molecule has 0 saturated carbocycles. The molecule has 0 unspecified atom stereocenters. The molecule has 7 nitrogen and oxygen atoms in total. The van der Waals surface area contributed by atoms with Crippen molar-refractivity contribution in [2.24, 2.45) is 5.92 Å². The number of carbonyl (C=O) groups is 2. The lowest BCUT2D eigenvalue weighted by atomic mass is 9.90. The SMILES string of the molecule is COC(=O)C1=C(c2ccc(-c3cccs3)s2)O[C@@H](c2ccc(OC)c(OC)c2)[C@@H]1C(=O)OC. The predicted octanol–water partition coefficient (Wildman–Crippen LogP) is 4.94. The fourth-order valence-electron chi connectivity index (χ4n) is 3.74. The van der Waals surface area contributed by atoms with Crippen LogP contribution in [-0.4, -0.2) is 40.4 Å². The molecule has 0 spiro atoms. The maximum Gasteiger partial charge on any atom is 0.338 e. The van der Waals surface area contributed by atoms with Crippen LogP contribution >= 0.6 is 22.7 Å². The van der Waals surface area contributed by atoms with Gasteiger partial charge in [-0.05, 0) is 41.3 Å². The van der Waals surface area contributed by atoms with Crippen molar-refractivity contribution in [3.8, 4) is 21.3 Å². The van der Waals surface area contributed by atoms with Crippen LogP contribution in [-0.2, 0) is 23.8 Å². The van der Waals surface area contributed by atoms with E-state index in [4.69, 9.17) is 23.7 Å². The molecular formula is C24H22O7S2. The van der Waals surface area contributed by atoms with Gasteiger partial charge in [0.25, 0.3) is 0 Å². The van der Waals surface area contributed by atoms with E-state index in [1.165, 1.54) is 39.8 Å². The Morgan fingerprint density at radius 1 is 0.879 bits per heavy atom. The maximum atomic E-state index is 12.9. The number of ether oxygens (including phenoxy) is 5. The van der Waals surface area contributed by atoms with Crippen LogP contribution < -0.4 is 9.47 Å². The predicted molar refractivity (Wildman–Crippen MR) is 125 cm³/mol. The van der Waals surface area contributed by atoms with Crippen molar-refractivity contribution in [1.29, 1.82) is 0 Å². The molecule has 1 aromatic carbocycles. The zero-order valence-corrected chi connectivity index (χ0v) is 20.1. The summed E-state index contributed by atoms with van der Waals surface area (Å²) in [5.74, 6) is -0.928. The number of rotatable bonds is 7. The molecule has 172 valence electrons. The maximum absolute atomic E-state index is 12.9. The van der Waals surface area contributed by atoms with Crippen molar-refractivity contribution in [1.82, 2.24) is 0 Å². The second-order valence-electron chi connectivity index (χ2n) is 7.03. The van der Waals surface area contributed by atoms with Crippen LogP contribution in [0.4, 0.5) is 0 Å². The smallest absolute Gasteiger partial charge is 0.338 e. The molecule has 0 N–H and O–H groups in total. The summed E-state index contributed by atoms with van der Waals surface area (Å²) < 4.78 is 27.1. The first-order valence-electron chi connectivity index (χ1n) is 9.95. The molecule has 2 aromatic heterocycles. The van der Waals surface area contributed by atoms with E-state index < -0.39 is 24.0 Å². The van der Waals surface area contributed by atoms with Gasteiger partial charge in [0.1, 0.15) is 17.8 Å². The highest BCUT2D eigenvalue weighted by atomic mass is 32.1. The lowest BCUT2D eigenvalue weighted by Gasteiger charge is -2.20. The highest BCUT2D eigenvalue weighted by Crippen LogP contribution is 2.49. The summed E-state index contributed by atoms with van der Waals surface area (Å²) in [5.41, 5.74) is 0.762. The van der Waals surface area contributed by atoms with E-state index in [1.54, 1.807) is 29.5 Å². The fraction of sp³-hybridized carbons (Fsp3) is 0.250. The normalized spacial score (nSPS) is 17.5. The minimum atomic E-state index is -1.01. The van der Waals surface area contributed by atoms with Gasteiger partial charge >= 0.3 is 11.9 Å². The Kier molecular flexibility index (Phi) is 6.71. The summed E-state index contributed by atoms with van der Waals surface area (Å²) in [6, 6.07) is 13.1. The summed E-state index contributed by atoms with van der Waals surface area (Å²) in [4.78, 5) is 28.6. The molecule has 9 heteroatoms. The molecule has 0 bridgehead atoms. The Hall–Kier alpha value is -3.30. The van der Waals surface area contributed by atoms with Gasteiger partial charge in [-0.25, -0.2) is 4.79 Å². The average Bonchev–Trinajstić information content (AvgIpc) is 3.61. The highest BCUT2D eigenvalue weighted by Gasteiger charge is 2.48. The summed E-state index contributed by atoms with van der Waals surface area (Å²) in [7, 11) is 5.62. The van der Waals surface area contributed by atoms with Gasteiger partial charge in [0.2, 0.25) is 0 Å². The number of carbonyl (C=O) groups excluding carboxylic acids is 2. The third-order valence-corrected chi connectivity index (χ3v) is 7.44. The monoisotopic (exact) mass is 486 g/mol. The number of benzene rings is 1. The van der Waals surface area contributed by atoms with Crippen molar-refractivity contribution in [3.63, 3.8) is 0 Å². The molecule has 0 radical (unpaired) electrons. The Labute approximate surface area is 199 Å². The van der Waals surface area contributed by atoms with Crippen LogP contribution in [0.25, 0.3) is 15.5 Å². The van der Waals surface area contributed by atoms with E-state index in [0.29, 0.717) is 22.8 Å². The van der Waals surface area contributed by atoms with E-state index in [0.717, 1.165) is 14.6 Å².